The molecule has 0 saturated carbocycles. The van der Waals surface area contributed by atoms with Crippen molar-refractivity contribution in [2.75, 3.05) is 7.05 Å². The van der Waals surface area contributed by atoms with Gasteiger partial charge in [0, 0.05) is 20.5 Å². The molecule has 2 aromatic carbocycles. The van der Waals surface area contributed by atoms with Gasteiger partial charge < -0.3 is 0 Å². The number of rotatable bonds is 5. The van der Waals surface area contributed by atoms with Crippen LogP contribution in [0.15, 0.2) is 73.0 Å². The summed E-state index contributed by atoms with van der Waals surface area (Å²) >= 11 is 0. The van der Waals surface area contributed by atoms with Crippen molar-refractivity contribution >= 4 is 16.8 Å². The average molecular weight is 425 g/mol. The Balaban J connectivity index is 2.05. The Morgan fingerprint density at radius 1 is 0.938 bits per heavy atom. The zero-order chi connectivity index (χ0) is 23.2. The lowest BCUT2D eigenvalue weighted by molar-refractivity contribution is -0.948. The molecule has 0 bridgehead atoms. The third-order valence-electron chi connectivity index (χ3n) is 6.88. The van der Waals surface area contributed by atoms with Crippen LogP contribution in [0.3, 0.4) is 0 Å². The quantitative estimate of drug-likeness (QED) is 0.339. The Bertz CT molecular complexity index is 1190. The van der Waals surface area contributed by atoms with Gasteiger partial charge in [0.15, 0.2) is 0 Å². The minimum atomic E-state index is 0.141. The number of benzene rings is 2. The lowest BCUT2D eigenvalue weighted by Gasteiger charge is -2.24. The van der Waals surface area contributed by atoms with Gasteiger partial charge in [-0.25, -0.2) is 0 Å². The molecule has 4 rings (SSSR count). The second-order valence-corrected chi connectivity index (χ2v) is 9.67. The van der Waals surface area contributed by atoms with Crippen LogP contribution in [0.5, 0.6) is 0 Å². The van der Waals surface area contributed by atoms with Crippen LogP contribution < -0.4 is 0 Å². The van der Waals surface area contributed by atoms with Gasteiger partial charge in [-0.2, -0.15) is 0 Å². The third-order valence-corrected chi connectivity index (χ3v) is 6.88. The summed E-state index contributed by atoms with van der Waals surface area (Å²) < 4.78 is 4.78. The molecule has 0 radical (unpaired) electrons. The van der Waals surface area contributed by atoms with Crippen LogP contribution in [0.25, 0.3) is 11.1 Å². The standard InChI is InChI=1S/C30H36N2/c1-9-10-14-26-22(7)25-17-11-13-21(6)29(25)32-30(26)27(18-31(32)8)28-23(19(2)3)15-12-16-24(28)20(4)5/h9-20,30H,1H2,2-8H3/q+2/b14-10-. The molecule has 0 aliphatic carbocycles. The fourth-order valence-electron chi connectivity index (χ4n) is 5.33. The molecule has 2 nitrogen and oxygen atoms in total. The molecule has 2 aliphatic rings. The highest BCUT2D eigenvalue weighted by Gasteiger charge is 2.50. The Morgan fingerprint density at radius 2 is 1.56 bits per heavy atom. The van der Waals surface area contributed by atoms with Crippen LogP contribution in [0, 0.1) is 6.92 Å². The Labute approximate surface area is 193 Å². The molecule has 2 aromatic rings. The molecule has 0 aromatic heterocycles. The van der Waals surface area contributed by atoms with Crippen molar-refractivity contribution in [1.29, 1.82) is 0 Å². The van der Waals surface area contributed by atoms with Gasteiger partial charge in [0.1, 0.15) is 5.57 Å². The Morgan fingerprint density at radius 3 is 2.16 bits per heavy atom. The van der Waals surface area contributed by atoms with Gasteiger partial charge in [0.25, 0.3) is 11.7 Å². The smallest absolute Gasteiger partial charge is 0.0991 e. The fraction of sp³-hybridized carbons (Fsp3) is 0.333. The molecule has 0 amide bonds. The number of azo groups is 4. The molecular formula is C30H36N2+2. The first-order chi connectivity index (χ1) is 15.3. The summed E-state index contributed by atoms with van der Waals surface area (Å²) in [6.07, 6.45) is 8.56. The normalized spacial score (nSPS) is 18.0. The molecule has 0 saturated heterocycles. The topological polar surface area (TPSA) is 6.02 Å². The monoisotopic (exact) mass is 424 g/mol. The van der Waals surface area contributed by atoms with Crippen LogP contribution in [0.4, 0.5) is 5.69 Å². The van der Waals surface area contributed by atoms with E-state index in [9.17, 15) is 0 Å². The molecule has 1 atom stereocenters. The predicted molar refractivity (Wildman–Crippen MR) is 136 cm³/mol. The maximum Gasteiger partial charge on any atom is 0.281 e. The highest BCUT2D eigenvalue weighted by Crippen LogP contribution is 2.47. The first-order valence-electron chi connectivity index (χ1n) is 11.7. The van der Waals surface area contributed by atoms with Crippen LogP contribution in [-0.4, -0.2) is 22.5 Å². The zero-order valence-electron chi connectivity index (χ0n) is 20.6. The van der Waals surface area contributed by atoms with Crippen molar-refractivity contribution in [3.05, 3.63) is 101 Å². The molecule has 1 unspecified atom stereocenters. The van der Waals surface area contributed by atoms with Crippen molar-refractivity contribution < 1.29 is 9.39 Å². The van der Waals surface area contributed by atoms with Crippen LogP contribution >= 0.6 is 0 Å². The number of hydrogen-bond donors (Lipinski definition) is 0. The molecular weight excluding hydrogens is 388 g/mol. The summed E-state index contributed by atoms with van der Waals surface area (Å²) in [5.74, 6) is 0.914. The van der Waals surface area contributed by atoms with Crippen molar-refractivity contribution in [3.63, 3.8) is 0 Å². The van der Waals surface area contributed by atoms with Gasteiger partial charge in [-0.3, -0.25) is 0 Å². The first-order valence-corrected chi connectivity index (χ1v) is 11.7. The SMILES string of the molecule is C=C/C=C\C1=C(C)c2cccc(C)c2[N+]2=[N+](C)C=C(c3c(C(C)C)cccc3C(C)C)C12. The van der Waals surface area contributed by atoms with E-state index in [1.54, 1.807) is 0 Å². The number of aryl methyl sites for hydroxylation is 1. The molecule has 2 heterocycles. The maximum atomic E-state index is 3.93. The summed E-state index contributed by atoms with van der Waals surface area (Å²) in [6.45, 7) is 17.6. The summed E-state index contributed by atoms with van der Waals surface area (Å²) in [7, 11) is 2.18. The number of hydrogen-bond acceptors (Lipinski definition) is 0. The molecule has 0 spiro atoms. The minimum absolute atomic E-state index is 0.141. The van der Waals surface area contributed by atoms with E-state index >= 15 is 0 Å². The third kappa shape index (κ3) is 3.43. The lowest BCUT2D eigenvalue weighted by Crippen LogP contribution is -2.30. The second-order valence-electron chi connectivity index (χ2n) is 9.67. The summed E-state index contributed by atoms with van der Waals surface area (Å²) in [5.41, 5.74) is 12.3. The predicted octanol–water partition coefficient (Wildman–Crippen LogP) is 7.93. The zero-order valence-corrected chi connectivity index (χ0v) is 20.6. The average Bonchev–Trinajstić information content (AvgIpc) is 3.09. The molecule has 164 valence electrons. The minimum Gasteiger partial charge on any atom is -0.0991 e. The van der Waals surface area contributed by atoms with E-state index in [2.05, 4.69) is 119 Å². The van der Waals surface area contributed by atoms with E-state index < -0.39 is 0 Å². The van der Waals surface area contributed by atoms with Gasteiger partial charge >= 0.3 is 0 Å². The summed E-state index contributed by atoms with van der Waals surface area (Å²) in [6, 6.07) is 13.6. The molecule has 0 N–H and O–H groups in total. The Hall–Kier alpha value is -3.00. The highest BCUT2D eigenvalue weighted by atomic mass is 15.4. The van der Waals surface area contributed by atoms with Crippen LogP contribution in [-0.2, 0) is 0 Å². The van der Waals surface area contributed by atoms with Gasteiger partial charge in [0.2, 0.25) is 13.2 Å². The van der Waals surface area contributed by atoms with Crippen molar-refractivity contribution in [1.82, 2.24) is 0 Å². The number of allylic oxidation sites excluding steroid dienone is 3. The number of fused-ring (bicyclic) bond motifs is 3. The number of nitrogens with zero attached hydrogens (tertiary/aromatic N) is 2. The number of para-hydroxylation sites is 1. The second kappa shape index (κ2) is 8.50. The van der Waals surface area contributed by atoms with E-state index in [0.717, 1.165) is 0 Å². The fourth-order valence-corrected chi connectivity index (χ4v) is 5.33. The molecule has 2 heteroatoms. The van der Waals surface area contributed by atoms with Gasteiger partial charge in [-0.1, -0.05) is 82.8 Å². The van der Waals surface area contributed by atoms with Crippen molar-refractivity contribution in [2.24, 2.45) is 0 Å². The van der Waals surface area contributed by atoms with Crippen LogP contribution in [0.1, 0.15) is 74.3 Å². The van der Waals surface area contributed by atoms with Gasteiger partial charge in [0.05, 0.1) is 5.56 Å². The summed E-state index contributed by atoms with van der Waals surface area (Å²) in [5, 5.41) is 0. The largest absolute Gasteiger partial charge is 0.281 e. The first kappa shape index (κ1) is 22.2. The van der Waals surface area contributed by atoms with Crippen molar-refractivity contribution in [2.45, 2.75) is 59.4 Å². The van der Waals surface area contributed by atoms with E-state index in [1.165, 1.54) is 50.2 Å². The van der Waals surface area contributed by atoms with Crippen LogP contribution in [0.2, 0.25) is 0 Å². The Kier molecular flexibility index (Phi) is 5.90. The highest BCUT2D eigenvalue weighted by molar-refractivity contribution is 5.86. The van der Waals surface area contributed by atoms with Gasteiger partial charge in [-0.15, -0.1) is 0 Å². The van der Waals surface area contributed by atoms with E-state index in [0.29, 0.717) is 11.8 Å². The van der Waals surface area contributed by atoms with E-state index in [4.69, 9.17) is 0 Å². The lowest BCUT2D eigenvalue weighted by atomic mass is 9.79. The molecule has 2 aliphatic heterocycles. The summed E-state index contributed by atoms with van der Waals surface area (Å²) in [4.78, 5) is 0. The maximum absolute atomic E-state index is 3.93. The van der Waals surface area contributed by atoms with E-state index in [1.807, 2.05) is 6.08 Å². The van der Waals surface area contributed by atoms with E-state index in [-0.39, 0.29) is 6.04 Å². The van der Waals surface area contributed by atoms with Crippen molar-refractivity contribution in [3.8, 4) is 0 Å². The molecule has 32 heavy (non-hydrogen) atoms. The molecule has 0 fully saturated rings. The van der Waals surface area contributed by atoms with Gasteiger partial charge in [-0.05, 0) is 54.0 Å².